The van der Waals surface area contributed by atoms with Crippen molar-refractivity contribution in [3.63, 3.8) is 0 Å². The van der Waals surface area contributed by atoms with Gasteiger partial charge in [-0.2, -0.15) is 0 Å². The van der Waals surface area contributed by atoms with Gasteiger partial charge in [0.05, 0.1) is 0 Å². The maximum atomic E-state index is 11.6. The van der Waals surface area contributed by atoms with Gasteiger partial charge < -0.3 is 9.84 Å². The molecule has 0 amide bonds. The maximum Gasteiger partial charge on any atom is 0.332 e. The molecule has 0 fully saturated rings. The number of rotatable bonds is 7. The molecule has 128 valence electrons. The van der Waals surface area contributed by atoms with Gasteiger partial charge in [-0.15, -0.1) is 0 Å². The first-order chi connectivity index (χ1) is 11.4. The van der Waals surface area contributed by atoms with E-state index in [9.17, 15) is 9.90 Å². The van der Waals surface area contributed by atoms with Crippen LogP contribution < -0.4 is 0 Å². The molecule has 0 spiro atoms. The lowest BCUT2D eigenvalue weighted by molar-refractivity contribution is -0.154. The second kappa shape index (κ2) is 8.65. The second-order valence-electron chi connectivity index (χ2n) is 6.08. The Kier molecular flexibility index (Phi) is 6.84. The normalized spacial score (nSPS) is 13.7. The predicted octanol–water partition coefficient (Wildman–Crippen LogP) is 5.71. The Balaban J connectivity index is 2.36. The van der Waals surface area contributed by atoms with Crippen molar-refractivity contribution in [2.24, 2.45) is 5.92 Å². The van der Waals surface area contributed by atoms with Crippen LogP contribution in [-0.2, 0) is 9.53 Å². The molecule has 0 unspecified atom stereocenters. The Hall–Kier alpha value is -1.36. The van der Waals surface area contributed by atoms with Gasteiger partial charge in [-0.1, -0.05) is 65.6 Å². The molecule has 0 aromatic heterocycles. The molecule has 0 saturated heterocycles. The molecule has 2 aromatic carbocycles. The van der Waals surface area contributed by atoms with Gasteiger partial charge in [0, 0.05) is 9.50 Å². The van der Waals surface area contributed by atoms with E-state index in [0.717, 1.165) is 15.6 Å². The van der Waals surface area contributed by atoms with E-state index in [1.807, 2.05) is 50.2 Å². The Morgan fingerprint density at radius 1 is 1.08 bits per heavy atom. The van der Waals surface area contributed by atoms with Crippen LogP contribution in [0.3, 0.4) is 0 Å². The molecule has 0 bridgehead atoms. The van der Waals surface area contributed by atoms with Crippen LogP contribution in [0.2, 0.25) is 5.02 Å². The molecule has 24 heavy (non-hydrogen) atoms. The largest absolute Gasteiger partial charge is 0.479 e. The van der Waals surface area contributed by atoms with E-state index < -0.39 is 18.2 Å². The average Bonchev–Trinajstić information content (AvgIpc) is 2.53. The molecule has 2 aromatic rings. The third kappa shape index (κ3) is 5.33. The molecule has 3 nitrogen and oxygen atoms in total. The summed E-state index contributed by atoms with van der Waals surface area (Å²) < 4.78 is 6.97. The first kappa shape index (κ1) is 19.0. The summed E-state index contributed by atoms with van der Waals surface area (Å²) in [5, 5.41) is 10.1. The number of aliphatic carboxylic acids is 1. The molecule has 0 saturated carbocycles. The minimum atomic E-state index is -0.945. The van der Waals surface area contributed by atoms with E-state index in [-0.39, 0.29) is 5.92 Å². The number of benzene rings is 2. The van der Waals surface area contributed by atoms with E-state index in [1.54, 1.807) is 12.1 Å². The second-order valence-corrected chi connectivity index (χ2v) is 7.43. The Bertz CT molecular complexity index is 623. The highest BCUT2D eigenvalue weighted by Gasteiger charge is 2.26. The Labute approximate surface area is 155 Å². The van der Waals surface area contributed by atoms with Gasteiger partial charge in [0.1, 0.15) is 6.10 Å². The zero-order valence-corrected chi connectivity index (χ0v) is 15.9. The fourth-order valence-electron chi connectivity index (χ4n) is 2.43. The third-order valence-electron chi connectivity index (χ3n) is 3.61. The van der Waals surface area contributed by atoms with E-state index >= 15 is 0 Å². The number of carboxylic acids is 1. The molecular formula is C19H20BrClO3. The number of hydrogen-bond acceptors (Lipinski definition) is 2. The van der Waals surface area contributed by atoms with Crippen LogP contribution in [0, 0.1) is 5.92 Å². The highest BCUT2D eigenvalue weighted by Crippen LogP contribution is 2.30. The molecule has 0 aliphatic carbocycles. The summed E-state index contributed by atoms with van der Waals surface area (Å²) in [6.45, 7) is 3.96. The standard InChI is InChI=1S/C19H20BrClO3/c1-12(2)11-17(19(22)23)24-18(13-3-7-15(20)8-4-13)14-5-9-16(21)10-6-14/h3-10,12,17-18H,11H2,1-2H3,(H,22,23)/t17-,18-/m0/s1. The summed E-state index contributed by atoms with van der Waals surface area (Å²) in [7, 11) is 0. The topological polar surface area (TPSA) is 46.5 Å². The fourth-order valence-corrected chi connectivity index (χ4v) is 2.82. The van der Waals surface area contributed by atoms with Crippen molar-refractivity contribution in [3.8, 4) is 0 Å². The third-order valence-corrected chi connectivity index (χ3v) is 4.39. The van der Waals surface area contributed by atoms with Crippen LogP contribution >= 0.6 is 27.5 Å². The summed E-state index contributed by atoms with van der Waals surface area (Å²) in [6.07, 6.45) is -0.875. The van der Waals surface area contributed by atoms with E-state index in [0.29, 0.717) is 11.4 Å². The Morgan fingerprint density at radius 3 is 2.04 bits per heavy atom. The molecule has 0 radical (unpaired) electrons. The lowest BCUT2D eigenvalue weighted by Gasteiger charge is -2.24. The predicted molar refractivity (Wildman–Crippen MR) is 99.4 cm³/mol. The van der Waals surface area contributed by atoms with Crippen LogP contribution in [0.4, 0.5) is 0 Å². The lowest BCUT2D eigenvalue weighted by Crippen LogP contribution is -2.28. The van der Waals surface area contributed by atoms with Crippen LogP contribution in [-0.4, -0.2) is 17.2 Å². The van der Waals surface area contributed by atoms with Crippen molar-refractivity contribution < 1.29 is 14.6 Å². The van der Waals surface area contributed by atoms with Crippen molar-refractivity contribution in [2.45, 2.75) is 32.5 Å². The Morgan fingerprint density at radius 2 is 1.58 bits per heavy atom. The van der Waals surface area contributed by atoms with Crippen molar-refractivity contribution in [1.29, 1.82) is 0 Å². The summed E-state index contributed by atoms with van der Waals surface area (Å²) in [5.74, 6) is -0.721. The smallest absolute Gasteiger partial charge is 0.332 e. The van der Waals surface area contributed by atoms with Crippen molar-refractivity contribution in [2.75, 3.05) is 0 Å². The molecule has 2 rings (SSSR count). The quantitative estimate of drug-likeness (QED) is 0.635. The monoisotopic (exact) mass is 410 g/mol. The number of halogens is 2. The summed E-state index contributed by atoms with van der Waals surface area (Å²) >= 11 is 9.38. The van der Waals surface area contributed by atoms with Gasteiger partial charge in [-0.05, 0) is 47.7 Å². The molecule has 5 heteroatoms. The molecule has 0 heterocycles. The van der Waals surface area contributed by atoms with E-state index in [1.165, 1.54) is 0 Å². The fraction of sp³-hybridized carbons (Fsp3) is 0.316. The maximum absolute atomic E-state index is 11.6. The van der Waals surface area contributed by atoms with E-state index in [4.69, 9.17) is 16.3 Å². The van der Waals surface area contributed by atoms with Crippen LogP contribution in [0.5, 0.6) is 0 Å². The van der Waals surface area contributed by atoms with Gasteiger partial charge >= 0.3 is 5.97 Å². The minimum absolute atomic E-state index is 0.224. The molecule has 0 aliphatic rings. The highest BCUT2D eigenvalue weighted by molar-refractivity contribution is 9.10. The van der Waals surface area contributed by atoms with Gasteiger partial charge in [-0.25, -0.2) is 4.79 Å². The lowest BCUT2D eigenvalue weighted by atomic mass is 10.00. The summed E-state index contributed by atoms with van der Waals surface area (Å²) in [5.41, 5.74) is 1.77. The van der Waals surface area contributed by atoms with Crippen molar-refractivity contribution in [1.82, 2.24) is 0 Å². The number of hydrogen-bond donors (Lipinski definition) is 1. The number of carboxylic acid groups (broad SMARTS) is 1. The molecule has 0 aliphatic heterocycles. The highest BCUT2D eigenvalue weighted by atomic mass is 79.9. The molecular weight excluding hydrogens is 392 g/mol. The first-order valence-electron chi connectivity index (χ1n) is 7.76. The SMILES string of the molecule is CC(C)C[C@H](O[C@H](c1ccc(Cl)cc1)c1ccc(Br)cc1)C(=O)O. The van der Waals surface area contributed by atoms with Gasteiger partial charge in [-0.3, -0.25) is 0 Å². The number of ether oxygens (including phenoxy) is 1. The van der Waals surface area contributed by atoms with Gasteiger partial charge in [0.15, 0.2) is 6.10 Å². The minimum Gasteiger partial charge on any atom is -0.479 e. The van der Waals surface area contributed by atoms with Crippen molar-refractivity contribution in [3.05, 3.63) is 69.2 Å². The summed E-state index contributed by atoms with van der Waals surface area (Å²) in [6, 6.07) is 15.0. The number of carbonyl (C=O) groups is 1. The van der Waals surface area contributed by atoms with Gasteiger partial charge in [0.2, 0.25) is 0 Å². The van der Waals surface area contributed by atoms with Crippen LogP contribution in [0.15, 0.2) is 53.0 Å². The van der Waals surface area contributed by atoms with Crippen LogP contribution in [0.1, 0.15) is 37.5 Å². The summed E-state index contributed by atoms with van der Waals surface area (Å²) in [4.78, 5) is 11.6. The zero-order chi connectivity index (χ0) is 17.7. The zero-order valence-electron chi connectivity index (χ0n) is 13.6. The average molecular weight is 412 g/mol. The first-order valence-corrected chi connectivity index (χ1v) is 8.93. The molecule has 1 N–H and O–H groups in total. The molecule has 2 atom stereocenters. The van der Waals surface area contributed by atoms with Crippen molar-refractivity contribution >= 4 is 33.5 Å². The van der Waals surface area contributed by atoms with Gasteiger partial charge in [0.25, 0.3) is 0 Å². The van der Waals surface area contributed by atoms with Crippen LogP contribution in [0.25, 0.3) is 0 Å². The van der Waals surface area contributed by atoms with E-state index in [2.05, 4.69) is 15.9 Å².